The lowest BCUT2D eigenvalue weighted by atomic mass is 9.91. The Morgan fingerprint density at radius 3 is 2.08 bits per heavy atom. The second-order valence-corrected chi connectivity index (χ2v) is 8.87. The summed E-state index contributed by atoms with van der Waals surface area (Å²) in [6.45, 7) is 7.59. The average Bonchev–Trinajstić information content (AvgIpc) is 3.33. The summed E-state index contributed by atoms with van der Waals surface area (Å²) >= 11 is 0. The molecule has 5 rings (SSSR count). The lowest BCUT2D eigenvalue weighted by Crippen LogP contribution is -2.54. The molecule has 0 N–H and O–H groups in total. The Balaban J connectivity index is 1.11. The molecule has 1 aromatic rings. The molecule has 2 heterocycles. The number of rotatable bonds is 3. The zero-order valence-electron chi connectivity index (χ0n) is 15.5. The standard InChI is InChI=1S/C22H33N3/c1-2-4-20(5-3-1)23-12-14-24(15-13-23)21-8-10-25(11-9-21)22-17-18-6-7-19(22)16-18/h1-5,18-19,21-22H,6-17H2. The first kappa shape index (κ1) is 16.1. The molecule has 3 atom stereocenters. The minimum absolute atomic E-state index is 0.841. The van der Waals surface area contributed by atoms with Gasteiger partial charge >= 0.3 is 0 Å². The fourth-order valence-electron chi connectivity index (χ4n) is 6.23. The van der Waals surface area contributed by atoms with Gasteiger partial charge in [-0.2, -0.15) is 0 Å². The Morgan fingerprint density at radius 1 is 0.680 bits per heavy atom. The maximum atomic E-state index is 2.88. The Hall–Kier alpha value is -1.06. The van der Waals surface area contributed by atoms with Crippen LogP contribution in [-0.4, -0.2) is 61.2 Å². The molecule has 3 nitrogen and oxygen atoms in total. The molecule has 25 heavy (non-hydrogen) atoms. The number of anilines is 1. The van der Waals surface area contributed by atoms with Crippen LogP contribution in [0.2, 0.25) is 0 Å². The molecule has 4 aliphatic rings. The number of hydrogen-bond donors (Lipinski definition) is 0. The Labute approximate surface area is 153 Å². The number of para-hydroxylation sites is 1. The summed E-state index contributed by atoms with van der Waals surface area (Å²) in [6, 6.07) is 12.7. The number of piperazine rings is 1. The first-order chi connectivity index (χ1) is 12.4. The summed E-state index contributed by atoms with van der Waals surface area (Å²) < 4.78 is 0. The molecule has 1 aromatic carbocycles. The van der Waals surface area contributed by atoms with Crippen LogP contribution in [0.3, 0.4) is 0 Å². The highest BCUT2D eigenvalue weighted by molar-refractivity contribution is 5.46. The van der Waals surface area contributed by atoms with Crippen LogP contribution in [-0.2, 0) is 0 Å². The molecular weight excluding hydrogens is 306 g/mol. The van der Waals surface area contributed by atoms with Gasteiger partial charge in [-0.15, -0.1) is 0 Å². The topological polar surface area (TPSA) is 9.72 Å². The lowest BCUT2D eigenvalue weighted by molar-refractivity contribution is 0.0618. The van der Waals surface area contributed by atoms with Crippen LogP contribution in [0, 0.1) is 11.8 Å². The van der Waals surface area contributed by atoms with E-state index in [1.54, 1.807) is 6.42 Å². The summed E-state index contributed by atoms with van der Waals surface area (Å²) in [5, 5.41) is 0. The van der Waals surface area contributed by atoms with Gasteiger partial charge in [-0.25, -0.2) is 0 Å². The van der Waals surface area contributed by atoms with E-state index >= 15 is 0 Å². The van der Waals surface area contributed by atoms with Gasteiger partial charge in [0.2, 0.25) is 0 Å². The molecule has 136 valence electrons. The maximum Gasteiger partial charge on any atom is 0.0367 e. The van der Waals surface area contributed by atoms with Crippen molar-refractivity contribution in [2.24, 2.45) is 11.8 Å². The zero-order chi connectivity index (χ0) is 16.6. The van der Waals surface area contributed by atoms with Crippen LogP contribution < -0.4 is 4.90 Å². The molecule has 0 radical (unpaired) electrons. The molecule has 0 aromatic heterocycles. The fourth-order valence-corrected chi connectivity index (χ4v) is 6.23. The smallest absolute Gasteiger partial charge is 0.0367 e. The van der Waals surface area contributed by atoms with E-state index in [-0.39, 0.29) is 0 Å². The zero-order valence-corrected chi connectivity index (χ0v) is 15.5. The highest BCUT2D eigenvalue weighted by Gasteiger charge is 2.43. The number of nitrogens with zero attached hydrogens (tertiary/aromatic N) is 3. The number of fused-ring (bicyclic) bond motifs is 2. The molecular formula is C22H33N3. The van der Waals surface area contributed by atoms with Crippen molar-refractivity contribution in [3.63, 3.8) is 0 Å². The van der Waals surface area contributed by atoms with Gasteiger partial charge in [-0.1, -0.05) is 24.6 Å². The molecule has 2 saturated carbocycles. The van der Waals surface area contributed by atoms with Gasteiger partial charge < -0.3 is 4.90 Å². The molecule has 0 amide bonds. The average molecular weight is 340 g/mol. The first-order valence-corrected chi connectivity index (χ1v) is 10.6. The number of likely N-dealkylation sites (tertiary alicyclic amines) is 1. The van der Waals surface area contributed by atoms with E-state index < -0.39 is 0 Å². The van der Waals surface area contributed by atoms with Crippen LogP contribution in [0.25, 0.3) is 0 Å². The van der Waals surface area contributed by atoms with Crippen molar-refractivity contribution in [1.82, 2.24) is 9.80 Å². The number of hydrogen-bond acceptors (Lipinski definition) is 3. The molecule has 0 spiro atoms. The van der Waals surface area contributed by atoms with Crippen LogP contribution >= 0.6 is 0 Å². The van der Waals surface area contributed by atoms with Crippen molar-refractivity contribution >= 4 is 5.69 Å². The third kappa shape index (κ3) is 3.21. The SMILES string of the molecule is c1ccc(N2CCN(C3CCN(C4CC5CCC4C5)CC3)CC2)cc1. The molecule has 2 saturated heterocycles. The van der Waals surface area contributed by atoms with Crippen LogP contribution in [0.15, 0.2) is 30.3 Å². The lowest BCUT2D eigenvalue weighted by Gasteiger charge is -2.45. The van der Waals surface area contributed by atoms with Gasteiger partial charge in [0, 0.05) is 44.0 Å². The highest BCUT2D eigenvalue weighted by atomic mass is 15.3. The van der Waals surface area contributed by atoms with E-state index in [0.29, 0.717) is 0 Å². The summed E-state index contributed by atoms with van der Waals surface area (Å²) in [4.78, 5) is 8.22. The van der Waals surface area contributed by atoms with Crippen LogP contribution in [0.1, 0.15) is 38.5 Å². The molecule has 2 aliphatic heterocycles. The minimum Gasteiger partial charge on any atom is -0.369 e. The fraction of sp³-hybridized carbons (Fsp3) is 0.727. The molecule has 2 aliphatic carbocycles. The van der Waals surface area contributed by atoms with Crippen molar-refractivity contribution in [3.8, 4) is 0 Å². The Morgan fingerprint density at radius 2 is 1.44 bits per heavy atom. The summed E-state index contributed by atoms with van der Waals surface area (Å²) in [5.41, 5.74) is 1.40. The van der Waals surface area contributed by atoms with Gasteiger partial charge in [0.1, 0.15) is 0 Å². The Kier molecular flexibility index (Phi) is 4.47. The van der Waals surface area contributed by atoms with Crippen molar-refractivity contribution in [2.45, 2.75) is 50.6 Å². The Bertz CT molecular complexity index is 558. The molecule has 3 heteroatoms. The van der Waals surface area contributed by atoms with E-state index in [0.717, 1.165) is 23.9 Å². The second kappa shape index (κ2) is 6.92. The summed E-state index contributed by atoms with van der Waals surface area (Å²) in [6.07, 6.45) is 8.93. The van der Waals surface area contributed by atoms with Crippen molar-refractivity contribution in [2.75, 3.05) is 44.2 Å². The van der Waals surface area contributed by atoms with E-state index in [4.69, 9.17) is 0 Å². The van der Waals surface area contributed by atoms with E-state index in [1.165, 1.54) is 77.1 Å². The van der Waals surface area contributed by atoms with Gasteiger partial charge in [-0.3, -0.25) is 9.80 Å². The number of piperidine rings is 1. The van der Waals surface area contributed by atoms with Gasteiger partial charge in [-0.05, 0) is 69.2 Å². The third-order valence-electron chi connectivity index (χ3n) is 7.62. The predicted molar refractivity (Wildman–Crippen MR) is 104 cm³/mol. The third-order valence-corrected chi connectivity index (χ3v) is 7.62. The normalized spacial score (nSPS) is 34.7. The predicted octanol–water partition coefficient (Wildman–Crippen LogP) is 3.46. The van der Waals surface area contributed by atoms with Gasteiger partial charge in [0.15, 0.2) is 0 Å². The van der Waals surface area contributed by atoms with Crippen molar-refractivity contribution in [1.29, 1.82) is 0 Å². The largest absolute Gasteiger partial charge is 0.369 e. The monoisotopic (exact) mass is 339 g/mol. The van der Waals surface area contributed by atoms with Crippen LogP contribution in [0.5, 0.6) is 0 Å². The van der Waals surface area contributed by atoms with E-state index in [2.05, 4.69) is 45.0 Å². The van der Waals surface area contributed by atoms with Gasteiger partial charge in [0.05, 0.1) is 0 Å². The second-order valence-electron chi connectivity index (χ2n) is 8.87. The number of benzene rings is 1. The first-order valence-electron chi connectivity index (χ1n) is 10.6. The minimum atomic E-state index is 0.841. The highest BCUT2D eigenvalue weighted by Crippen LogP contribution is 2.47. The van der Waals surface area contributed by atoms with Crippen LogP contribution in [0.4, 0.5) is 5.69 Å². The van der Waals surface area contributed by atoms with Gasteiger partial charge in [0.25, 0.3) is 0 Å². The summed E-state index contributed by atoms with van der Waals surface area (Å²) in [7, 11) is 0. The van der Waals surface area contributed by atoms with Crippen molar-refractivity contribution in [3.05, 3.63) is 30.3 Å². The molecule has 2 bridgehead atoms. The molecule has 4 fully saturated rings. The van der Waals surface area contributed by atoms with E-state index in [1.807, 2.05) is 0 Å². The van der Waals surface area contributed by atoms with E-state index in [9.17, 15) is 0 Å². The molecule has 3 unspecified atom stereocenters. The summed E-state index contributed by atoms with van der Waals surface area (Å²) in [5.74, 6) is 2.13. The van der Waals surface area contributed by atoms with Crippen molar-refractivity contribution < 1.29 is 0 Å². The maximum absolute atomic E-state index is 2.88. The quantitative estimate of drug-likeness (QED) is 0.835.